The van der Waals surface area contributed by atoms with Gasteiger partial charge in [-0.15, -0.1) is 0 Å². The average Bonchev–Trinajstić information content (AvgIpc) is 3.06. The summed E-state index contributed by atoms with van der Waals surface area (Å²) in [6, 6.07) is 17.5. The van der Waals surface area contributed by atoms with Crippen LogP contribution in [-0.2, 0) is 13.0 Å². The van der Waals surface area contributed by atoms with Crippen LogP contribution < -0.4 is 10.5 Å². The zero-order valence-electron chi connectivity index (χ0n) is 13.5. The second-order valence-electron chi connectivity index (χ2n) is 5.48. The lowest BCUT2D eigenvalue weighted by molar-refractivity contribution is 0.100. The quantitative estimate of drug-likeness (QED) is 0.759. The number of hydrogen-bond acceptors (Lipinski definition) is 3. The number of carbonyl (C=O) groups is 1. The average molecular weight is 321 g/mol. The Hall–Kier alpha value is -3.08. The second-order valence-corrected chi connectivity index (χ2v) is 5.48. The molecule has 0 aliphatic carbocycles. The van der Waals surface area contributed by atoms with E-state index in [-0.39, 0.29) is 0 Å². The Labute approximate surface area is 140 Å². The first kappa shape index (κ1) is 15.8. The molecule has 1 heterocycles. The highest BCUT2D eigenvalue weighted by Gasteiger charge is 2.15. The van der Waals surface area contributed by atoms with E-state index in [1.165, 1.54) is 5.56 Å². The molecule has 2 aromatic carbocycles. The summed E-state index contributed by atoms with van der Waals surface area (Å²) in [6.07, 6.45) is 2.52. The minimum Gasteiger partial charge on any atom is -0.497 e. The molecule has 1 aromatic heterocycles. The smallest absolute Gasteiger partial charge is 0.252 e. The number of methoxy groups -OCH3 is 1. The molecule has 0 aliphatic heterocycles. The van der Waals surface area contributed by atoms with Crippen molar-refractivity contribution in [2.24, 2.45) is 5.73 Å². The fraction of sp³-hybridized carbons (Fsp3) is 0.158. The van der Waals surface area contributed by atoms with Crippen molar-refractivity contribution in [2.75, 3.05) is 7.11 Å². The van der Waals surface area contributed by atoms with Crippen LogP contribution in [0.1, 0.15) is 15.9 Å². The Bertz CT molecular complexity index is 824. The van der Waals surface area contributed by atoms with Crippen molar-refractivity contribution in [2.45, 2.75) is 13.0 Å². The van der Waals surface area contributed by atoms with E-state index in [9.17, 15) is 4.79 Å². The number of amides is 1. The summed E-state index contributed by atoms with van der Waals surface area (Å²) < 4.78 is 6.93. The van der Waals surface area contributed by atoms with E-state index in [0.29, 0.717) is 17.8 Å². The second kappa shape index (κ2) is 7.00. The van der Waals surface area contributed by atoms with Gasteiger partial charge >= 0.3 is 0 Å². The number of rotatable bonds is 6. The van der Waals surface area contributed by atoms with Gasteiger partial charge in [-0.25, -0.2) is 0 Å². The summed E-state index contributed by atoms with van der Waals surface area (Å²) in [5.41, 5.74) is 8.62. The lowest BCUT2D eigenvalue weighted by atomic mass is 10.1. The lowest BCUT2D eigenvalue weighted by Crippen LogP contribution is -2.11. The van der Waals surface area contributed by atoms with Crippen molar-refractivity contribution in [1.82, 2.24) is 9.78 Å². The molecule has 0 aliphatic rings. The van der Waals surface area contributed by atoms with E-state index in [4.69, 9.17) is 10.5 Å². The van der Waals surface area contributed by atoms with Crippen LogP contribution in [0, 0.1) is 0 Å². The Morgan fingerprint density at radius 3 is 2.46 bits per heavy atom. The van der Waals surface area contributed by atoms with E-state index < -0.39 is 5.91 Å². The monoisotopic (exact) mass is 321 g/mol. The first-order valence-electron chi connectivity index (χ1n) is 7.73. The lowest BCUT2D eigenvalue weighted by Gasteiger charge is -2.04. The fourth-order valence-electron chi connectivity index (χ4n) is 2.56. The van der Waals surface area contributed by atoms with E-state index in [1.807, 2.05) is 54.6 Å². The highest BCUT2D eigenvalue weighted by atomic mass is 16.5. The number of aryl methyl sites for hydroxylation is 2. The number of benzene rings is 2. The van der Waals surface area contributed by atoms with Gasteiger partial charge in [0, 0.05) is 18.3 Å². The molecule has 0 fully saturated rings. The topological polar surface area (TPSA) is 70.1 Å². The van der Waals surface area contributed by atoms with Crippen LogP contribution in [-0.4, -0.2) is 22.8 Å². The molecular formula is C19H19N3O2. The Morgan fingerprint density at radius 1 is 1.12 bits per heavy atom. The standard InChI is InChI=1S/C19H19N3O2/c1-24-16-9-7-14(8-10-16)11-12-22-13-17(19(20)23)18(21-22)15-5-3-2-4-6-15/h2-10,13H,11-12H2,1H3,(H2,20,23). The van der Waals surface area contributed by atoms with E-state index in [0.717, 1.165) is 17.7 Å². The summed E-state index contributed by atoms with van der Waals surface area (Å²) in [6.45, 7) is 0.666. The maximum atomic E-state index is 11.7. The molecule has 3 aromatic rings. The molecule has 2 N–H and O–H groups in total. The van der Waals surface area contributed by atoms with Crippen molar-refractivity contribution in [3.63, 3.8) is 0 Å². The van der Waals surface area contributed by atoms with Gasteiger partial charge in [-0.3, -0.25) is 9.48 Å². The summed E-state index contributed by atoms with van der Waals surface area (Å²) >= 11 is 0. The Balaban J connectivity index is 1.80. The number of ether oxygens (including phenoxy) is 1. The molecule has 0 atom stereocenters. The van der Waals surface area contributed by atoms with Crippen LogP contribution in [0.25, 0.3) is 11.3 Å². The van der Waals surface area contributed by atoms with E-state index in [2.05, 4.69) is 5.10 Å². The van der Waals surface area contributed by atoms with Gasteiger partial charge in [-0.05, 0) is 24.1 Å². The van der Waals surface area contributed by atoms with Gasteiger partial charge in [0.2, 0.25) is 0 Å². The normalized spacial score (nSPS) is 10.5. The van der Waals surface area contributed by atoms with Gasteiger partial charge in [-0.1, -0.05) is 42.5 Å². The van der Waals surface area contributed by atoms with Crippen molar-refractivity contribution >= 4 is 5.91 Å². The van der Waals surface area contributed by atoms with Crippen LogP contribution in [0.2, 0.25) is 0 Å². The molecule has 3 rings (SSSR count). The minimum absolute atomic E-state index is 0.441. The van der Waals surface area contributed by atoms with Gasteiger partial charge in [0.25, 0.3) is 5.91 Å². The number of hydrogen-bond donors (Lipinski definition) is 1. The molecular weight excluding hydrogens is 302 g/mol. The van der Waals surface area contributed by atoms with Crippen LogP contribution in [0.5, 0.6) is 5.75 Å². The van der Waals surface area contributed by atoms with Crippen LogP contribution in [0.3, 0.4) is 0 Å². The van der Waals surface area contributed by atoms with E-state index in [1.54, 1.807) is 18.0 Å². The number of primary amides is 1. The molecule has 0 saturated carbocycles. The van der Waals surface area contributed by atoms with Gasteiger partial charge in [0.05, 0.1) is 12.7 Å². The maximum Gasteiger partial charge on any atom is 0.252 e. The van der Waals surface area contributed by atoms with Crippen LogP contribution >= 0.6 is 0 Å². The first-order chi connectivity index (χ1) is 11.7. The number of aromatic nitrogens is 2. The molecule has 0 radical (unpaired) electrons. The Kier molecular flexibility index (Phi) is 4.61. The molecule has 5 heteroatoms. The molecule has 1 amide bonds. The summed E-state index contributed by atoms with van der Waals surface area (Å²) in [5.74, 6) is 0.366. The summed E-state index contributed by atoms with van der Waals surface area (Å²) in [4.78, 5) is 11.7. The molecule has 5 nitrogen and oxygen atoms in total. The number of nitrogens with two attached hydrogens (primary N) is 1. The van der Waals surface area contributed by atoms with Crippen molar-refractivity contribution in [1.29, 1.82) is 0 Å². The molecule has 0 saturated heterocycles. The number of carbonyl (C=O) groups excluding carboxylic acids is 1. The molecule has 0 unspecified atom stereocenters. The van der Waals surface area contributed by atoms with Crippen LogP contribution in [0.4, 0.5) is 0 Å². The fourth-order valence-corrected chi connectivity index (χ4v) is 2.56. The maximum absolute atomic E-state index is 11.7. The van der Waals surface area contributed by atoms with Gasteiger partial charge in [0.15, 0.2) is 0 Å². The molecule has 0 spiro atoms. The van der Waals surface area contributed by atoms with Gasteiger partial charge < -0.3 is 10.5 Å². The van der Waals surface area contributed by atoms with Crippen molar-refractivity contribution in [3.05, 3.63) is 71.9 Å². The highest BCUT2D eigenvalue weighted by molar-refractivity contribution is 5.98. The Morgan fingerprint density at radius 2 is 1.83 bits per heavy atom. The third-order valence-corrected chi connectivity index (χ3v) is 3.86. The zero-order valence-corrected chi connectivity index (χ0v) is 13.5. The van der Waals surface area contributed by atoms with Crippen LogP contribution in [0.15, 0.2) is 60.8 Å². The SMILES string of the molecule is COc1ccc(CCn2cc(C(N)=O)c(-c3ccccc3)n2)cc1. The van der Waals surface area contributed by atoms with Crippen molar-refractivity contribution < 1.29 is 9.53 Å². The summed E-state index contributed by atoms with van der Waals surface area (Å²) in [5, 5.41) is 4.54. The first-order valence-corrected chi connectivity index (χ1v) is 7.73. The van der Waals surface area contributed by atoms with Gasteiger partial charge in [0.1, 0.15) is 11.4 Å². The highest BCUT2D eigenvalue weighted by Crippen LogP contribution is 2.21. The van der Waals surface area contributed by atoms with Gasteiger partial charge in [-0.2, -0.15) is 5.10 Å². The predicted octanol–water partition coefficient (Wildman–Crippen LogP) is 2.90. The van der Waals surface area contributed by atoms with E-state index >= 15 is 0 Å². The minimum atomic E-state index is -0.468. The van der Waals surface area contributed by atoms with Crippen molar-refractivity contribution in [3.8, 4) is 17.0 Å². The number of nitrogens with zero attached hydrogens (tertiary/aromatic N) is 2. The third-order valence-electron chi connectivity index (χ3n) is 3.86. The zero-order chi connectivity index (χ0) is 16.9. The third kappa shape index (κ3) is 3.46. The summed E-state index contributed by atoms with van der Waals surface area (Å²) in [7, 11) is 1.65. The molecule has 0 bridgehead atoms. The molecule has 122 valence electrons. The predicted molar refractivity (Wildman–Crippen MR) is 92.9 cm³/mol. The largest absolute Gasteiger partial charge is 0.497 e. The molecule has 24 heavy (non-hydrogen) atoms.